The van der Waals surface area contributed by atoms with Crippen molar-refractivity contribution < 1.29 is 19.8 Å². The van der Waals surface area contributed by atoms with Crippen molar-refractivity contribution in [2.45, 2.75) is 27.7 Å². The third-order valence-corrected chi connectivity index (χ3v) is 4.57. The van der Waals surface area contributed by atoms with Crippen LogP contribution in [-0.4, -0.2) is 21.8 Å². The van der Waals surface area contributed by atoms with Crippen LogP contribution in [0, 0.1) is 27.7 Å². The van der Waals surface area contributed by atoms with E-state index in [-0.39, 0.29) is 33.8 Å². The summed E-state index contributed by atoms with van der Waals surface area (Å²) in [6, 6.07) is 3.33. The molecule has 0 bridgehead atoms. The summed E-state index contributed by atoms with van der Waals surface area (Å²) in [4.78, 5) is 25.5. The van der Waals surface area contributed by atoms with Gasteiger partial charge in [-0.3, -0.25) is 9.59 Å². The normalized spacial score (nSPS) is 13.1. The van der Waals surface area contributed by atoms with E-state index in [9.17, 15) is 19.8 Å². The Morgan fingerprint density at radius 2 is 1.00 bits per heavy atom. The van der Waals surface area contributed by atoms with E-state index >= 15 is 0 Å². The van der Waals surface area contributed by atoms with Gasteiger partial charge < -0.3 is 10.2 Å². The molecule has 0 radical (unpaired) electrons. The predicted octanol–water partition coefficient (Wildman–Crippen LogP) is 3.11. The van der Waals surface area contributed by atoms with E-state index < -0.39 is 11.6 Å². The van der Waals surface area contributed by atoms with Crippen molar-refractivity contribution in [3.63, 3.8) is 0 Å². The van der Waals surface area contributed by atoms with Crippen LogP contribution in [0.1, 0.15) is 54.1 Å². The van der Waals surface area contributed by atoms with Crippen LogP contribution >= 0.6 is 0 Å². The SMILES string of the molecule is Cc1cc2c(cc1C)C(=O)c1c(O)c(C)c(C)c(O)c1C2=O. The van der Waals surface area contributed by atoms with E-state index in [1.165, 1.54) is 0 Å². The van der Waals surface area contributed by atoms with Gasteiger partial charge in [0.2, 0.25) is 0 Å². The van der Waals surface area contributed by atoms with Gasteiger partial charge in [0.25, 0.3) is 0 Å². The molecule has 4 nitrogen and oxygen atoms in total. The van der Waals surface area contributed by atoms with Gasteiger partial charge >= 0.3 is 0 Å². The van der Waals surface area contributed by atoms with Crippen molar-refractivity contribution in [1.82, 2.24) is 0 Å². The summed E-state index contributed by atoms with van der Waals surface area (Å²) in [7, 11) is 0. The van der Waals surface area contributed by atoms with Crippen molar-refractivity contribution in [3.8, 4) is 11.5 Å². The fraction of sp³-hybridized carbons (Fsp3) is 0.222. The lowest BCUT2D eigenvalue weighted by Crippen LogP contribution is -2.22. The van der Waals surface area contributed by atoms with E-state index in [0.29, 0.717) is 11.1 Å². The van der Waals surface area contributed by atoms with E-state index in [2.05, 4.69) is 0 Å². The van der Waals surface area contributed by atoms with E-state index in [1.807, 2.05) is 13.8 Å². The second-order valence-corrected chi connectivity index (χ2v) is 5.84. The highest BCUT2D eigenvalue weighted by Crippen LogP contribution is 2.42. The van der Waals surface area contributed by atoms with Crippen LogP contribution in [0.2, 0.25) is 0 Å². The van der Waals surface area contributed by atoms with Crippen LogP contribution in [0.4, 0.5) is 0 Å². The Labute approximate surface area is 128 Å². The highest BCUT2D eigenvalue weighted by atomic mass is 16.3. The van der Waals surface area contributed by atoms with Crippen molar-refractivity contribution in [2.24, 2.45) is 0 Å². The highest BCUT2D eigenvalue weighted by molar-refractivity contribution is 6.30. The van der Waals surface area contributed by atoms with Crippen LogP contribution in [0.15, 0.2) is 12.1 Å². The first-order chi connectivity index (χ1) is 10.3. The Balaban J connectivity index is 2.44. The summed E-state index contributed by atoms with van der Waals surface area (Å²) in [6.07, 6.45) is 0. The van der Waals surface area contributed by atoms with Crippen molar-refractivity contribution in [3.05, 3.63) is 56.6 Å². The Bertz CT molecular complexity index is 804. The minimum absolute atomic E-state index is 0.0960. The molecule has 2 N–H and O–H groups in total. The van der Waals surface area contributed by atoms with Crippen LogP contribution in [0.5, 0.6) is 11.5 Å². The molecule has 0 spiro atoms. The van der Waals surface area contributed by atoms with Crippen molar-refractivity contribution >= 4 is 11.6 Å². The minimum Gasteiger partial charge on any atom is -0.507 e. The van der Waals surface area contributed by atoms with Crippen molar-refractivity contribution in [1.29, 1.82) is 0 Å². The first-order valence-electron chi connectivity index (χ1n) is 7.01. The zero-order chi connectivity index (χ0) is 16.3. The summed E-state index contributed by atoms with van der Waals surface area (Å²) >= 11 is 0. The number of carbonyl (C=O) groups is 2. The second kappa shape index (κ2) is 4.44. The highest BCUT2D eigenvalue weighted by Gasteiger charge is 2.36. The van der Waals surface area contributed by atoms with Crippen LogP contribution < -0.4 is 0 Å². The number of carbonyl (C=O) groups excluding carboxylic acids is 2. The zero-order valence-corrected chi connectivity index (χ0v) is 12.9. The number of ketones is 2. The fourth-order valence-corrected chi connectivity index (χ4v) is 2.87. The lowest BCUT2D eigenvalue weighted by atomic mass is 9.79. The molecule has 0 aliphatic heterocycles. The maximum atomic E-state index is 12.7. The summed E-state index contributed by atoms with van der Waals surface area (Å²) in [6.45, 7) is 6.94. The Kier molecular flexibility index (Phi) is 2.89. The van der Waals surface area contributed by atoms with Gasteiger partial charge in [-0.2, -0.15) is 0 Å². The van der Waals surface area contributed by atoms with E-state index in [1.54, 1.807) is 26.0 Å². The summed E-state index contributed by atoms with van der Waals surface area (Å²) in [5, 5.41) is 20.6. The zero-order valence-electron chi connectivity index (χ0n) is 12.9. The van der Waals surface area contributed by atoms with Crippen LogP contribution in [-0.2, 0) is 0 Å². The molecule has 0 atom stereocenters. The third kappa shape index (κ3) is 1.64. The molecule has 0 saturated heterocycles. The van der Waals surface area contributed by atoms with Gasteiger partial charge in [-0.25, -0.2) is 0 Å². The molecule has 0 fully saturated rings. The molecule has 0 heterocycles. The third-order valence-electron chi connectivity index (χ3n) is 4.57. The lowest BCUT2D eigenvalue weighted by Gasteiger charge is -2.23. The monoisotopic (exact) mass is 296 g/mol. The van der Waals surface area contributed by atoms with Gasteiger partial charge in [0.15, 0.2) is 11.6 Å². The summed E-state index contributed by atoms with van der Waals surface area (Å²) in [5.41, 5.74) is 2.97. The molecule has 2 aromatic rings. The molecular weight excluding hydrogens is 280 g/mol. The molecule has 2 aromatic carbocycles. The quantitative estimate of drug-likeness (QED) is 0.625. The fourth-order valence-electron chi connectivity index (χ4n) is 2.87. The van der Waals surface area contributed by atoms with Gasteiger partial charge in [0.05, 0.1) is 11.1 Å². The smallest absolute Gasteiger partial charge is 0.198 e. The van der Waals surface area contributed by atoms with Gasteiger partial charge in [0.1, 0.15) is 11.5 Å². The number of benzene rings is 2. The topological polar surface area (TPSA) is 74.6 Å². The van der Waals surface area contributed by atoms with E-state index in [0.717, 1.165) is 11.1 Å². The maximum absolute atomic E-state index is 12.7. The Morgan fingerprint density at radius 3 is 1.32 bits per heavy atom. The molecule has 112 valence electrons. The number of phenols is 2. The first kappa shape index (κ1) is 14.3. The number of rotatable bonds is 0. The number of fused-ring (bicyclic) bond motifs is 2. The Hall–Kier alpha value is -2.62. The molecule has 0 amide bonds. The van der Waals surface area contributed by atoms with Gasteiger partial charge in [-0.1, -0.05) is 0 Å². The molecule has 3 rings (SSSR count). The summed E-state index contributed by atoms with van der Waals surface area (Å²) < 4.78 is 0. The van der Waals surface area contributed by atoms with Crippen molar-refractivity contribution in [2.75, 3.05) is 0 Å². The average molecular weight is 296 g/mol. The summed E-state index contributed by atoms with van der Waals surface area (Å²) in [5.74, 6) is -1.31. The van der Waals surface area contributed by atoms with Gasteiger partial charge in [-0.15, -0.1) is 0 Å². The number of hydrogen-bond donors (Lipinski definition) is 2. The van der Waals surface area contributed by atoms with E-state index in [4.69, 9.17) is 0 Å². The first-order valence-corrected chi connectivity index (χ1v) is 7.01. The maximum Gasteiger partial charge on any atom is 0.198 e. The molecule has 1 aliphatic carbocycles. The molecule has 4 heteroatoms. The second-order valence-electron chi connectivity index (χ2n) is 5.84. The molecule has 1 aliphatic rings. The minimum atomic E-state index is -0.427. The molecular formula is C18H16O4. The van der Waals surface area contributed by atoms with Gasteiger partial charge in [-0.05, 0) is 62.1 Å². The number of phenolic OH excluding ortho intramolecular Hbond substituents is 2. The van der Waals surface area contributed by atoms with Crippen LogP contribution in [0.25, 0.3) is 0 Å². The molecule has 22 heavy (non-hydrogen) atoms. The lowest BCUT2D eigenvalue weighted by molar-refractivity contribution is 0.0974. The number of aromatic hydroxyl groups is 2. The van der Waals surface area contributed by atoms with Gasteiger partial charge in [0, 0.05) is 11.1 Å². The molecule has 0 aromatic heterocycles. The predicted molar refractivity (Wildman–Crippen MR) is 82.0 cm³/mol. The Morgan fingerprint density at radius 1 is 0.682 bits per heavy atom. The van der Waals surface area contributed by atoms with Crippen LogP contribution in [0.3, 0.4) is 0 Å². The number of hydrogen-bond acceptors (Lipinski definition) is 4. The molecule has 0 saturated carbocycles. The largest absolute Gasteiger partial charge is 0.507 e. The standard InChI is InChI=1S/C18H16O4/c1-7-5-11-12(6-8(7)2)18(22)14-13(17(11)21)15(19)9(3)10(4)16(14)20/h5-6,19-20H,1-4H3. The molecule has 0 unspecified atom stereocenters. The average Bonchev–Trinajstić information content (AvgIpc) is 2.48. The number of aryl methyl sites for hydroxylation is 2.